The van der Waals surface area contributed by atoms with E-state index >= 15 is 0 Å². The first-order chi connectivity index (χ1) is 12.6. The Morgan fingerprint density at radius 2 is 1.81 bits per heavy atom. The summed E-state index contributed by atoms with van der Waals surface area (Å²) >= 11 is 0. The zero-order valence-electron chi connectivity index (χ0n) is 17.3. The van der Waals surface area contributed by atoms with Gasteiger partial charge in [-0.1, -0.05) is 39.3 Å². The Balaban J connectivity index is 1.79. The first-order valence-corrected chi connectivity index (χ1v) is 9.98. The van der Waals surface area contributed by atoms with E-state index in [0.717, 1.165) is 19.3 Å². The number of ether oxygens (including phenoxy) is 1. The van der Waals surface area contributed by atoms with E-state index in [1.807, 2.05) is 38.1 Å². The van der Waals surface area contributed by atoms with Crippen LogP contribution in [0.1, 0.15) is 65.9 Å². The summed E-state index contributed by atoms with van der Waals surface area (Å²) < 4.78 is 5.61. The molecule has 0 aromatic heterocycles. The topological polar surface area (TPSA) is 67.4 Å². The molecule has 0 radical (unpaired) electrons. The van der Waals surface area contributed by atoms with Crippen LogP contribution in [0.2, 0.25) is 0 Å². The highest BCUT2D eigenvalue weighted by Gasteiger charge is 2.28. The fourth-order valence-corrected chi connectivity index (χ4v) is 3.43. The highest BCUT2D eigenvalue weighted by molar-refractivity contribution is 5.80. The van der Waals surface area contributed by atoms with Crippen LogP contribution < -0.4 is 15.4 Å². The van der Waals surface area contributed by atoms with E-state index in [-0.39, 0.29) is 41.8 Å². The second-order valence-electron chi connectivity index (χ2n) is 8.85. The van der Waals surface area contributed by atoms with Gasteiger partial charge in [0.05, 0.1) is 0 Å². The average molecular weight is 375 g/mol. The fourth-order valence-electron chi connectivity index (χ4n) is 3.43. The molecule has 1 aromatic carbocycles. The van der Waals surface area contributed by atoms with Crippen LogP contribution in [0.3, 0.4) is 0 Å². The molecular formula is C22H34N2O3. The van der Waals surface area contributed by atoms with Gasteiger partial charge in [-0.2, -0.15) is 0 Å². The van der Waals surface area contributed by atoms with E-state index in [1.165, 1.54) is 5.56 Å². The second kappa shape index (κ2) is 9.25. The van der Waals surface area contributed by atoms with E-state index in [0.29, 0.717) is 12.2 Å². The Morgan fingerprint density at radius 1 is 1.15 bits per heavy atom. The summed E-state index contributed by atoms with van der Waals surface area (Å²) in [6.45, 7) is 10.4. The first kappa shape index (κ1) is 21.3. The SMILES string of the molecule is CC(C)NC(=O)C1CCCC(NC(=O)COc2ccc(C(C)(C)C)cc2)C1. The highest BCUT2D eigenvalue weighted by atomic mass is 16.5. The molecule has 27 heavy (non-hydrogen) atoms. The van der Waals surface area contributed by atoms with Gasteiger partial charge in [-0.3, -0.25) is 9.59 Å². The van der Waals surface area contributed by atoms with E-state index in [4.69, 9.17) is 4.74 Å². The van der Waals surface area contributed by atoms with Crippen LogP contribution in [0, 0.1) is 5.92 Å². The molecule has 1 aliphatic rings. The summed E-state index contributed by atoms with van der Waals surface area (Å²) in [5.41, 5.74) is 1.32. The smallest absolute Gasteiger partial charge is 0.258 e. The van der Waals surface area contributed by atoms with Gasteiger partial charge in [0.2, 0.25) is 5.91 Å². The van der Waals surface area contributed by atoms with Crippen molar-refractivity contribution < 1.29 is 14.3 Å². The van der Waals surface area contributed by atoms with Crippen LogP contribution in [-0.4, -0.2) is 30.5 Å². The molecule has 150 valence electrons. The van der Waals surface area contributed by atoms with Crippen molar-refractivity contribution >= 4 is 11.8 Å². The van der Waals surface area contributed by atoms with Crippen LogP contribution in [0.15, 0.2) is 24.3 Å². The molecule has 2 atom stereocenters. The molecule has 1 aliphatic carbocycles. The molecule has 1 fully saturated rings. The van der Waals surface area contributed by atoms with Crippen molar-refractivity contribution in [2.45, 2.75) is 77.8 Å². The lowest BCUT2D eigenvalue weighted by molar-refractivity contribution is -0.128. The number of carbonyl (C=O) groups excluding carboxylic acids is 2. The van der Waals surface area contributed by atoms with Crippen LogP contribution in [0.5, 0.6) is 5.75 Å². The first-order valence-electron chi connectivity index (χ1n) is 9.98. The minimum absolute atomic E-state index is 0.00573. The molecular weight excluding hydrogens is 340 g/mol. The van der Waals surface area contributed by atoms with Crippen molar-refractivity contribution in [3.8, 4) is 5.75 Å². The average Bonchev–Trinajstić information content (AvgIpc) is 2.59. The minimum Gasteiger partial charge on any atom is -0.484 e. The molecule has 0 heterocycles. The number of carbonyl (C=O) groups is 2. The summed E-state index contributed by atoms with van der Waals surface area (Å²) in [7, 11) is 0. The normalized spacial score (nSPS) is 20.2. The van der Waals surface area contributed by atoms with Crippen LogP contribution >= 0.6 is 0 Å². The lowest BCUT2D eigenvalue weighted by atomic mass is 9.85. The summed E-state index contributed by atoms with van der Waals surface area (Å²) in [4.78, 5) is 24.4. The summed E-state index contributed by atoms with van der Waals surface area (Å²) in [6.07, 6.45) is 3.46. The van der Waals surface area contributed by atoms with Crippen LogP contribution in [0.25, 0.3) is 0 Å². The number of benzene rings is 1. The molecule has 2 rings (SSSR count). The molecule has 2 amide bonds. The summed E-state index contributed by atoms with van der Waals surface area (Å²) in [6, 6.07) is 8.06. The molecule has 2 N–H and O–H groups in total. The number of nitrogens with one attached hydrogen (secondary N) is 2. The molecule has 0 aliphatic heterocycles. The Bertz CT molecular complexity index is 632. The minimum atomic E-state index is -0.134. The van der Waals surface area contributed by atoms with Gasteiger partial charge in [0, 0.05) is 18.0 Å². The van der Waals surface area contributed by atoms with Gasteiger partial charge in [-0.15, -0.1) is 0 Å². The molecule has 0 spiro atoms. The van der Waals surface area contributed by atoms with Gasteiger partial charge in [0.15, 0.2) is 6.61 Å². The van der Waals surface area contributed by atoms with Crippen molar-refractivity contribution in [2.75, 3.05) is 6.61 Å². The molecule has 1 saturated carbocycles. The molecule has 0 bridgehead atoms. The maximum absolute atomic E-state index is 12.2. The maximum Gasteiger partial charge on any atom is 0.258 e. The predicted molar refractivity (Wildman–Crippen MR) is 108 cm³/mol. The van der Waals surface area contributed by atoms with Crippen LogP contribution in [-0.2, 0) is 15.0 Å². The zero-order chi connectivity index (χ0) is 20.0. The van der Waals surface area contributed by atoms with Gasteiger partial charge in [0.25, 0.3) is 5.91 Å². The fraction of sp³-hybridized carbons (Fsp3) is 0.636. The number of amides is 2. The Morgan fingerprint density at radius 3 is 2.41 bits per heavy atom. The highest BCUT2D eigenvalue weighted by Crippen LogP contribution is 2.25. The summed E-state index contributed by atoms with van der Waals surface area (Å²) in [5, 5.41) is 5.99. The van der Waals surface area contributed by atoms with E-state index in [2.05, 4.69) is 31.4 Å². The van der Waals surface area contributed by atoms with Gasteiger partial charge < -0.3 is 15.4 Å². The Kier molecular flexibility index (Phi) is 7.28. The largest absolute Gasteiger partial charge is 0.484 e. The van der Waals surface area contributed by atoms with Crippen molar-refractivity contribution in [3.05, 3.63) is 29.8 Å². The Labute approximate surface area is 163 Å². The Hall–Kier alpha value is -2.04. The summed E-state index contributed by atoms with van der Waals surface area (Å²) in [5.74, 6) is 0.636. The molecule has 5 nitrogen and oxygen atoms in total. The molecule has 2 unspecified atom stereocenters. The second-order valence-corrected chi connectivity index (χ2v) is 8.85. The predicted octanol–water partition coefficient (Wildman–Crippen LogP) is 3.56. The van der Waals surface area contributed by atoms with Crippen molar-refractivity contribution in [1.82, 2.24) is 10.6 Å². The van der Waals surface area contributed by atoms with Crippen molar-refractivity contribution in [2.24, 2.45) is 5.92 Å². The number of hydrogen-bond acceptors (Lipinski definition) is 3. The van der Waals surface area contributed by atoms with Gasteiger partial charge in [-0.25, -0.2) is 0 Å². The third kappa shape index (κ3) is 6.89. The molecule has 1 aromatic rings. The lowest BCUT2D eigenvalue weighted by Crippen LogP contribution is -2.44. The molecule has 0 saturated heterocycles. The van der Waals surface area contributed by atoms with Gasteiger partial charge >= 0.3 is 0 Å². The lowest BCUT2D eigenvalue weighted by Gasteiger charge is -2.29. The standard InChI is InChI=1S/C22H34N2O3/c1-15(2)23-21(26)16-7-6-8-18(13-16)24-20(25)14-27-19-11-9-17(10-12-19)22(3,4)5/h9-12,15-16,18H,6-8,13-14H2,1-5H3,(H,23,26)(H,24,25). The molecule has 5 heteroatoms. The van der Waals surface area contributed by atoms with Crippen LogP contribution in [0.4, 0.5) is 0 Å². The zero-order valence-corrected chi connectivity index (χ0v) is 17.3. The number of hydrogen-bond donors (Lipinski definition) is 2. The maximum atomic E-state index is 12.2. The van der Waals surface area contributed by atoms with E-state index < -0.39 is 0 Å². The van der Waals surface area contributed by atoms with Crippen molar-refractivity contribution in [3.63, 3.8) is 0 Å². The van der Waals surface area contributed by atoms with Gasteiger partial charge in [-0.05, 0) is 56.2 Å². The van der Waals surface area contributed by atoms with E-state index in [9.17, 15) is 9.59 Å². The monoisotopic (exact) mass is 374 g/mol. The third-order valence-electron chi connectivity index (χ3n) is 4.93. The van der Waals surface area contributed by atoms with E-state index in [1.54, 1.807) is 0 Å². The van der Waals surface area contributed by atoms with Crippen molar-refractivity contribution in [1.29, 1.82) is 0 Å². The van der Waals surface area contributed by atoms with Gasteiger partial charge in [0.1, 0.15) is 5.75 Å². The quantitative estimate of drug-likeness (QED) is 0.800. The number of rotatable bonds is 6. The third-order valence-corrected chi connectivity index (χ3v) is 4.93.